The molecule has 2 aromatic heterocycles. The molecule has 0 atom stereocenters. The maximum absolute atomic E-state index is 13.1. The molecular weight excluding hydrogens is 478 g/mol. The van der Waals surface area contributed by atoms with E-state index in [0.29, 0.717) is 34.3 Å². The standard InChI is InChI=1S/C26H19N5O4S/c32-24(28-19-9-8-17-13-36(34,35)14-18(17)10-19)20-6-3-7-21-23(20)30-26(29-21)31-25(33)22-11-15-4-1-2-5-16(15)12-27-22/h1-7,9-13H,8,14H2,(H,28,32)(H2,29,30,31,33). The van der Waals surface area contributed by atoms with E-state index in [2.05, 4.69) is 25.6 Å². The number of benzene rings is 2. The summed E-state index contributed by atoms with van der Waals surface area (Å²) in [5.74, 6) is -0.675. The number of sulfone groups is 1. The number of nitrogens with zero attached hydrogens (tertiary/aromatic N) is 2. The molecule has 1 aliphatic carbocycles. The van der Waals surface area contributed by atoms with Crippen LogP contribution in [0.1, 0.15) is 27.3 Å². The first-order valence-corrected chi connectivity index (χ1v) is 12.9. The number of hydrogen-bond acceptors (Lipinski definition) is 6. The Labute approximate surface area is 205 Å². The molecule has 1 aliphatic heterocycles. The Balaban J connectivity index is 1.22. The Kier molecular flexibility index (Phi) is 5.04. The number of rotatable bonds is 4. The Bertz CT molecular complexity index is 1800. The number of pyridine rings is 1. The molecule has 0 saturated carbocycles. The third-order valence-electron chi connectivity index (χ3n) is 6.08. The average molecular weight is 498 g/mol. The van der Waals surface area contributed by atoms with E-state index in [1.165, 1.54) is 5.41 Å². The van der Waals surface area contributed by atoms with Gasteiger partial charge in [-0.25, -0.2) is 13.4 Å². The molecule has 0 fully saturated rings. The third kappa shape index (κ3) is 4.07. The number of aromatic nitrogens is 3. The van der Waals surface area contributed by atoms with Crippen LogP contribution in [0.4, 0.5) is 5.95 Å². The summed E-state index contributed by atoms with van der Waals surface area (Å²) in [4.78, 5) is 37.5. The number of nitrogens with one attached hydrogen (secondary N) is 3. The SMILES string of the molecule is O=C(Nc1nc2cccc(C(=O)NC3=CCC4=CS(=O)(=O)CC4=C3)c2[nH]1)c1cc2ccccc2cn1. The Morgan fingerprint density at radius 2 is 1.78 bits per heavy atom. The van der Waals surface area contributed by atoms with Gasteiger partial charge in [0.1, 0.15) is 5.69 Å². The molecule has 0 unspecified atom stereocenters. The van der Waals surface area contributed by atoms with E-state index in [9.17, 15) is 18.0 Å². The highest BCUT2D eigenvalue weighted by Crippen LogP contribution is 2.30. The monoisotopic (exact) mass is 497 g/mol. The number of carbonyl (C=O) groups excluding carboxylic acids is 2. The first kappa shape index (κ1) is 21.9. The van der Waals surface area contributed by atoms with Crippen molar-refractivity contribution < 1.29 is 18.0 Å². The van der Waals surface area contributed by atoms with Crippen LogP contribution in [0, 0.1) is 0 Å². The smallest absolute Gasteiger partial charge is 0.276 e. The molecule has 0 saturated heterocycles. The third-order valence-corrected chi connectivity index (χ3v) is 7.44. The fraction of sp³-hybridized carbons (Fsp3) is 0.0769. The van der Waals surface area contributed by atoms with E-state index in [-0.39, 0.29) is 23.3 Å². The highest BCUT2D eigenvalue weighted by molar-refractivity contribution is 7.94. The molecule has 2 aliphatic rings. The minimum absolute atomic E-state index is 0.0548. The lowest BCUT2D eigenvalue weighted by molar-refractivity contribution is 0.0967. The molecule has 3 heterocycles. The van der Waals surface area contributed by atoms with Crippen molar-refractivity contribution in [3.05, 3.63) is 100 Å². The maximum Gasteiger partial charge on any atom is 0.276 e. The Morgan fingerprint density at radius 3 is 2.64 bits per heavy atom. The minimum atomic E-state index is -3.23. The van der Waals surface area contributed by atoms with E-state index < -0.39 is 15.7 Å². The average Bonchev–Trinajstić information content (AvgIpc) is 3.41. The predicted molar refractivity (Wildman–Crippen MR) is 136 cm³/mol. The minimum Gasteiger partial charge on any atom is -0.323 e. The summed E-state index contributed by atoms with van der Waals surface area (Å²) in [6.45, 7) is 0. The van der Waals surface area contributed by atoms with Crippen molar-refractivity contribution in [1.29, 1.82) is 0 Å². The first-order valence-electron chi connectivity index (χ1n) is 11.2. The van der Waals surface area contributed by atoms with Crippen molar-refractivity contribution in [3.8, 4) is 0 Å². The Morgan fingerprint density at radius 1 is 0.944 bits per heavy atom. The lowest BCUT2D eigenvalue weighted by Gasteiger charge is -2.13. The van der Waals surface area contributed by atoms with E-state index in [4.69, 9.17) is 0 Å². The van der Waals surface area contributed by atoms with Gasteiger partial charge in [-0.2, -0.15) is 0 Å². The van der Waals surface area contributed by atoms with Crippen LogP contribution in [0.2, 0.25) is 0 Å². The summed E-state index contributed by atoms with van der Waals surface area (Å²) in [6, 6.07) is 14.4. The van der Waals surface area contributed by atoms with Crippen molar-refractivity contribution >= 4 is 49.4 Å². The van der Waals surface area contributed by atoms with Crippen LogP contribution in [0.25, 0.3) is 21.8 Å². The topological polar surface area (TPSA) is 134 Å². The van der Waals surface area contributed by atoms with Crippen molar-refractivity contribution in [2.45, 2.75) is 6.42 Å². The summed E-state index contributed by atoms with van der Waals surface area (Å²) in [5, 5.41) is 8.67. The largest absolute Gasteiger partial charge is 0.323 e. The Hall–Kier alpha value is -4.57. The molecule has 178 valence electrons. The molecule has 2 aromatic carbocycles. The normalized spacial score (nSPS) is 16.2. The molecular formula is C26H19N5O4S. The van der Waals surface area contributed by atoms with Gasteiger partial charge in [0, 0.05) is 22.7 Å². The van der Waals surface area contributed by atoms with Crippen LogP contribution in [0.5, 0.6) is 0 Å². The zero-order valence-electron chi connectivity index (χ0n) is 18.8. The molecule has 0 bridgehead atoms. The molecule has 2 amide bonds. The van der Waals surface area contributed by atoms with Crippen LogP contribution in [0.15, 0.2) is 89.1 Å². The predicted octanol–water partition coefficient (Wildman–Crippen LogP) is 3.62. The highest BCUT2D eigenvalue weighted by atomic mass is 32.2. The van der Waals surface area contributed by atoms with Crippen LogP contribution in [-0.2, 0) is 9.84 Å². The summed E-state index contributed by atoms with van der Waals surface area (Å²) in [7, 11) is -3.23. The summed E-state index contributed by atoms with van der Waals surface area (Å²) < 4.78 is 23.7. The van der Waals surface area contributed by atoms with Gasteiger partial charge in [0.05, 0.1) is 22.3 Å². The second-order valence-electron chi connectivity index (χ2n) is 8.59. The van der Waals surface area contributed by atoms with E-state index in [1.807, 2.05) is 24.3 Å². The number of anilines is 1. The molecule has 0 spiro atoms. The number of aromatic amines is 1. The lowest BCUT2D eigenvalue weighted by Crippen LogP contribution is -2.23. The quantitative estimate of drug-likeness (QED) is 0.394. The fourth-order valence-electron chi connectivity index (χ4n) is 4.37. The van der Waals surface area contributed by atoms with E-state index in [0.717, 1.165) is 16.3 Å². The fourth-order valence-corrected chi connectivity index (χ4v) is 5.84. The van der Waals surface area contributed by atoms with Crippen molar-refractivity contribution in [1.82, 2.24) is 20.3 Å². The van der Waals surface area contributed by atoms with E-state index in [1.54, 1.807) is 42.6 Å². The van der Waals surface area contributed by atoms with Crippen molar-refractivity contribution in [3.63, 3.8) is 0 Å². The van der Waals surface area contributed by atoms with Gasteiger partial charge in [0.2, 0.25) is 5.95 Å². The lowest BCUT2D eigenvalue weighted by atomic mass is 9.99. The van der Waals surface area contributed by atoms with Gasteiger partial charge < -0.3 is 10.3 Å². The van der Waals surface area contributed by atoms with Gasteiger partial charge in [0.25, 0.3) is 11.8 Å². The number of imidazole rings is 1. The van der Waals surface area contributed by atoms with Gasteiger partial charge >= 0.3 is 0 Å². The van der Waals surface area contributed by atoms with Crippen LogP contribution < -0.4 is 10.6 Å². The summed E-state index contributed by atoms with van der Waals surface area (Å²) >= 11 is 0. The number of hydrogen-bond donors (Lipinski definition) is 3. The number of H-pyrrole nitrogens is 1. The molecule has 4 aromatic rings. The van der Waals surface area contributed by atoms with Gasteiger partial charge in [0.15, 0.2) is 9.84 Å². The number of carbonyl (C=O) groups is 2. The van der Waals surface area contributed by atoms with E-state index >= 15 is 0 Å². The molecule has 3 N–H and O–H groups in total. The molecule has 36 heavy (non-hydrogen) atoms. The molecule has 9 nitrogen and oxygen atoms in total. The number of para-hydroxylation sites is 1. The van der Waals surface area contributed by atoms with Gasteiger partial charge in [-0.3, -0.25) is 19.9 Å². The van der Waals surface area contributed by atoms with Crippen molar-refractivity contribution in [2.75, 3.05) is 11.1 Å². The van der Waals surface area contributed by atoms with Crippen molar-refractivity contribution in [2.24, 2.45) is 0 Å². The van der Waals surface area contributed by atoms with Crippen LogP contribution >= 0.6 is 0 Å². The highest BCUT2D eigenvalue weighted by Gasteiger charge is 2.26. The molecule has 0 radical (unpaired) electrons. The number of allylic oxidation sites excluding steroid dienone is 3. The van der Waals surface area contributed by atoms with Gasteiger partial charge in [-0.05, 0) is 47.2 Å². The molecule has 10 heteroatoms. The second kappa shape index (κ2) is 8.28. The van der Waals surface area contributed by atoms with Crippen LogP contribution in [0.3, 0.4) is 0 Å². The van der Waals surface area contributed by atoms with Gasteiger partial charge in [-0.15, -0.1) is 0 Å². The number of amides is 2. The first-order chi connectivity index (χ1) is 17.3. The maximum atomic E-state index is 13.1. The van der Waals surface area contributed by atoms with Crippen LogP contribution in [-0.4, -0.2) is 40.9 Å². The summed E-state index contributed by atoms with van der Waals surface area (Å²) in [5.41, 5.74) is 3.54. The zero-order chi connectivity index (χ0) is 24.9. The summed E-state index contributed by atoms with van der Waals surface area (Å²) in [6.07, 6.45) is 5.55. The van der Waals surface area contributed by atoms with Gasteiger partial charge in [-0.1, -0.05) is 36.4 Å². The second-order valence-corrected chi connectivity index (χ2v) is 10.4. The molecule has 6 rings (SSSR count). The zero-order valence-corrected chi connectivity index (χ0v) is 19.6. The number of fused-ring (bicyclic) bond motifs is 3.